The minimum absolute atomic E-state index is 0.199. The number of rotatable bonds is 13. The van der Waals surface area contributed by atoms with Crippen LogP contribution in [0.2, 0.25) is 0 Å². The second-order valence-electron chi connectivity index (χ2n) is 5.31. The Kier molecular flexibility index (Phi) is 12.5. The van der Waals surface area contributed by atoms with Gasteiger partial charge in [-0.2, -0.15) is 0 Å². The summed E-state index contributed by atoms with van der Waals surface area (Å²) in [5.41, 5.74) is 5.95. The molecule has 0 aliphatic rings. The van der Waals surface area contributed by atoms with E-state index in [9.17, 15) is 4.79 Å². The van der Waals surface area contributed by atoms with Crippen molar-refractivity contribution in [1.29, 1.82) is 0 Å². The van der Waals surface area contributed by atoms with Crippen LogP contribution in [0.5, 0.6) is 0 Å². The van der Waals surface area contributed by atoms with Crippen molar-refractivity contribution in [1.82, 2.24) is 0 Å². The zero-order valence-corrected chi connectivity index (χ0v) is 12.0. The summed E-state index contributed by atoms with van der Waals surface area (Å²) < 4.78 is 0. The second kappa shape index (κ2) is 12.9. The lowest BCUT2D eigenvalue weighted by molar-refractivity contribution is -0.137. The number of carbonyl (C=O) groups is 1. The number of nitrogens with two attached hydrogens (primary N) is 1. The normalized spacial score (nSPS) is 12.6. The standard InChI is InChI=1S/C15H31NO2/c1-2-3-4-5-6-7-8-9-11-14(16)12-10-13-15(17)18/h14H,2-13,16H2,1H3,(H,17,18). The Hall–Kier alpha value is -0.570. The van der Waals surface area contributed by atoms with Gasteiger partial charge >= 0.3 is 5.97 Å². The number of carboxylic acids is 1. The Morgan fingerprint density at radius 1 is 0.944 bits per heavy atom. The third kappa shape index (κ3) is 13.5. The molecule has 0 fully saturated rings. The van der Waals surface area contributed by atoms with E-state index in [0.717, 1.165) is 12.8 Å². The predicted molar refractivity (Wildman–Crippen MR) is 76.7 cm³/mol. The molecular weight excluding hydrogens is 226 g/mol. The maximum atomic E-state index is 10.3. The molecule has 0 aromatic carbocycles. The van der Waals surface area contributed by atoms with Gasteiger partial charge in [-0.05, 0) is 19.3 Å². The van der Waals surface area contributed by atoms with E-state index in [1.54, 1.807) is 0 Å². The number of carboxylic acid groups (broad SMARTS) is 1. The first-order valence-electron chi connectivity index (χ1n) is 7.64. The average Bonchev–Trinajstić information content (AvgIpc) is 2.32. The Bertz CT molecular complexity index is 195. The Morgan fingerprint density at radius 2 is 1.44 bits per heavy atom. The van der Waals surface area contributed by atoms with Gasteiger partial charge in [-0.25, -0.2) is 0 Å². The van der Waals surface area contributed by atoms with Crippen molar-refractivity contribution in [3.8, 4) is 0 Å². The highest BCUT2D eigenvalue weighted by molar-refractivity contribution is 5.66. The molecule has 1 atom stereocenters. The van der Waals surface area contributed by atoms with E-state index in [4.69, 9.17) is 10.8 Å². The van der Waals surface area contributed by atoms with Crippen LogP contribution in [0.25, 0.3) is 0 Å². The van der Waals surface area contributed by atoms with Gasteiger partial charge in [0.25, 0.3) is 0 Å². The fourth-order valence-corrected chi connectivity index (χ4v) is 2.20. The number of hydrogen-bond donors (Lipinski definition) is 2. The summed E-state index contributed by atoms with van der Waals surface area (Å²) in [6.07, 6.45) is 13.5. The molecule has 0 aliphatic carbocycles. The highest BCUT2D eigenvalue weighted by Crippen LogP contribution is 2.12. The first-order valence-corrected chi connectivity index (χ1v) is 7.64. The Balaban J connectivity index is 3.15. The summed E-state index contributed by atoms with van der Waals surface area (Å²) in [6.45, 7) is 2.24. The van der Waals surface area contributed by atoms with Gasteiger partial charge in [-0.3, -0.25) is 4.79 Å². The molecule has 0 bridgehead atoms. The van der Waals surface area contributed by atoms with Gasteiger partial charge in [-0.15, -0.1) is 0 Å². The summed E-state index contributed by atoms with van der Waals surface area (Å²) >= 11 is 0. The van der Waals surface area contributed by atoms with Gasteiger partial charge < -0.3 is 10.8 Å². The molecular formula is C15H31NO2. The van der Waals surface area contributed by atoms with Crippen molar-refractivity contribution in [2.24, 2.45) is 5.73 Å². The Morgan fingerprint density at radius 3 is 2.00 bits per heavy atom. The maximum absolute atomic E-state index is 10.3. The van der Waals surface area contributed by atoms with E-state index in [2.05, 4.69) is 6.92 Å². The second-order valence-corrected chi connectivity index (χ2v) is 5.31. The van der Waals surface area contributed by atoms with E-state index in [0.29, 0.717) is 6.42 Å². The number of unbranched alkanes of at least 4 members (excludes halogenated alkanes) is 7. The fraction of sp³-hybridized carbons (Fsp3) is 0.933. The molecule has 3 heteroatoms. The smallest absolute Gasteiger partial charge is 0.303 e. The molecule has 0 saturated carbocycles. The first-order chi connectivity index (χ1) is 8.66. The lowest BCUT2D eigenvalue weighted by Crippen LogP contribution is -2.19. The summed E-state index contributed by atoms with van der Waals surface area (Å²) in [5, 5.41) is 8.52. The van der Waals surface area contributed by atoms with Crippen LogP contribution >= 0.6 is 0 Å². The topological polar surface area (TPSA) is 63.3 Å². The quantitative estimate of drug-likeness (QED) is 0.488. The van der Waals surface area contributed by atoms with Crippen LogP contribution in [0.4, 0.5) is 0 Å². The van der Waals surface area contributed by atoms with E-state index in [1.807, 2.05) is 0 Å². The molecule has 0 aromatic heterocycles. The van der Waals surface area contributed by atoms with Gasteiger partial charge in [-0.1, -0.05) is 58.3 Å². The summed E-state index contributed by atoms with van der Waals surface area (Å²) in [5.74, 6) is -0.714. The zero-order chi connectivity index (χ0) is 13.6. The molecule has 0 aliphatic heterocycles. The molecule has 0 saturated heterocycles. The summed E-state index contributed by atoms with van der Waals surface area (Å²) in [4.78, 5) is 10.3. The predicted octanol–water partition coefficient (Wildman–Crippen LogP) is 4.10. The SMILES string of the molecule is CCCCCCCCCCC(N)CCCC(=O)O. The Labute approximate surface area is 112 Å². The summed E-state index contributed by atoms with van der Waals surface area (Å²) in [7, 11) is 0. The van der Waals surface area contributed by atoms with Gasteiger partial charge in [0.2, 0.25) is 0 Å². The third-order valence-corrected chi connectivity index (χ3v) is 3.39. The minimum Gasteiger partial charge on any atom is -0.481 e. The fourth-order valence-electron chi connectivity index (χ4n) is 2.20. The molecule has 0 amide bonds. The average molecular weight is 257 g/mol. The zero-order valence-electron chi connectivity index (χ0n) is 12.0. The molecule has 0 radical (unpaired) electrons. The van der Waals surface area contributed by atoms with Crippen molar-refractivity contribution in [3.63, 3.8) is 0 Å². The number of hydrogen-bond acceptors (Lipinski definition) is 2. The molecule has 3 N–H and O–H groups in total. The van der Waals surface area contributed by atoms with E-state index in [1.165, 1.54) is 51.4 Å². The van der Waals surface area contributed by atoms with Crippen LogP contribution < -0.4 is 5.73 Å². The molecule has 1 unspecified atom stereocenters. The van der Waals surface area contributed by atoms with E-state index in [-0.39, 0.29) is 12.5 Å². The van der Waals surface area contributed by atoms with Crippen LogP contribution in [0, 0.1) is 0 Å². The molecule has 3 nitrogen and oxygen atoms in total. The van der Waals surface area contributed by atoms with Gasteiger partial charge in [0.05, 0.1) is 0 Å². The van der Waals surface area contributed by atoms with Crippen molar-refractivity contribution in [2.45, 2.75) is 90.0 Å². The summed E-state index contributed by atoms with van der Waals surface area (Å²) in [6, 6.07) is 0.199. The van der Waals surface area contributed by atoms with Gasteiger partial charge in [0.1, 0.15) is 0 Å². The molecule has 0 heterocycles. The monoisotopic (exact) mass is 257 g/mol. The highest BCUT2D eigenvalue weighted by Gasteiger charge is 2.04. The molecule has 0 aromatic rings. The van der Waals surface area contributed by atoms with Gasteiger partial charge in [0, 0.05) is 12.5 Å². The molecule has 0 rings (SSSR count). The van der Waals surface area contributed by atoms with Crippen molar-refractivity contribution >= 4 is 5.97 Å². The third-order valence-electron chi connectivity index (χ3n) is 3.39. The van der Waals surface area contributed by atoms with Crippen LogP contribution in [-0.2, 0) is 4.79 Å². The van der Waals surface area contributed by atoms with Crippen LogP contribution in [-0.4, -0.2) is 17.1 Å². The largest absolute Gasteiger partial charge is 0.481 e. The van der Waals surface area contributed by atoms with Crippen LogP contribution in [0.3, 0.4) is 0 Å². The molecule has 108 valence electrons. The lowest BCUT2D eigenvalue weighted by Gasteiger charge is -2.10. The first kappa shape index (κ1) is 17.4. The van der Waals surface area contributed by atoms with Crippen LogP contribution in [0.1, 0.15) is 84.0 Å². The minimum atomic E-state index is -0.714. The highest BCUT2D eigenvalue weighted by atomic mass is 16.4. The van der Waals surface area contributed by atoms with Crippen molar-refractivity contribution < 1.29 is 9.90 Å². The van der Waals surface area contributed by atoms with Crippen molar-refractivity contribution in [2.75, 3.05) is 0 Å². The molecule has 18 heavy (non-hydrogen) atoms. The molecule has 0 spiro atoms. The van der Waals surface area contributed by atoms with E-state index >= 15 is 0 Å². The number of aliphatic carboxylic acids is 1. The van der Waals surface area contributed by atoms with Crippen LogP contribution in [0.15, 0.2) is 0 Å². The lowest BCUT2D eigenvalue weighted by atomic mass is 10.0. The van der Waals surface area contributed by atoms with Crippen molar-refractivity contribution in [3.05, 3.63) is 0 Å². The van der Waals surface area contributed by atoms with E-state index < -0.39 is 5.97 Å². The maximum Gasteiger partial charge on any atom is 0.303 e. The van der Waals surface area contributed by atoms with Gasteiger partial charge in [0.15, 0.2) is 0 Å².